The molecule has 0 aliphatic carbocycles. The van der Waals surface area contributed by atoms with Crippen molar-refractivity contribution in [2.45, 2.75) is 0 Å². The Labute approximate surface area is 94.4 Å². The topological polar surface area (TPSA) is 37.4 Å². The minimum Gasteiger partial charge on any atom is -0.273 e. The van der Waals surface area contributed by atoms with E-state index < -0.39 is 23.4 Å². The summed E-state index contributed by atoms with van der Waals surface area (Å²) in [4.78, 5) is 23.7. The average Bonchev–Trinajstić information content (AvgIpc) is 2.20. The second-order valence-electron chi connectivity index (χ2n) is 3.21. The number of carbonyl (C=O) groups excluding carboxylic acids is 2. The summed E-state index contributed by atoms with van der Waals surface area (Å²) in [6.07, 6.45) is 0. The Morgan fingerprint density at radius 3 is 2.31 bits per heavy atom. The molecule has 2 amide bonds. The monoisotopic (exact) mass is 243 g/mol. The van der Waals surface area contributed by atoms with Gasteiger partial charge in [0.15, 0.2) is 0 Å². The summed E-state index contributed by atoms with van der Waals surface area (Å²) in [6, 6.07) is 2.76. The van der Waals surface area contributed by atoms with Gasteiger partial charge in [0.1, 0.15) is 11.6 Å². The summed E-state index contributed by atoms with van der Waals surface area (Å²) in [5, 5.41) is 0. The fraction of sp³-hybridized carbons (Fsp3) is 0.200. The first-order valence-corrected chi connectivity index (χ1v) is 5.63. The number of hydrogen-bond donors (Lipinski definition) is 0. The Morgan fingerprint density at radius 2 is 1.75 bits per heavy atom. The van der Waals surface area contributed by atoms with Gasteiger partial charge in [-0.3, -0.25) is 9.59 Å². The van der Waals surface area contributed by atoms with Crippen LogP contribution in [0.15, 0.2) is 18.2 Å². The molecule has 3 nitrogen and oxygen atoms in total. The van der Waals surface area contributed by atoms with Crippen LogP contribution in [-0.4, -0.2) is 23.3 Å². The van der Waals surface area contributed by atoms with E-state index in [4.69, 9.17) is 0 Å². The highest BCUT2D eigenvalue weighted by molar-refractivity contribution is 8.00. The van der Waals surface area contributed by atoms with E-state index in [0.717, 1.165) is 17.0 Å². The van der Waals surface area contributed by atoms with Gasteiger partial charge in [-0.15, -0.1) is 11.8 Å². The maximum Gasteiger partial charge on any atom is 0.243 e. The summed E-state index contributed by atoms with van der Waals surface area (Å²) < 4.78 is 26.1. The van der Waals surface area contributed by atoms with Crippen LogP contribution in [0.4, 0.5) is 14.5 Å². The molecule has 1 aliphatic heterocycles. The van der Waals surface area contributed by atoms with Crippen molar-refractivity contribution < 1.29 is 18.4 Å². The summed E-state index contributed by atoms with van der Waals surface area (Å²) in [7, 11) is 0. The predicted molar refractivity (Wildman–Crippen MR) is 56.2 cm³/mol. The third-order valence-electron chi connectivity index (χ3n) is 2.10. The molecule has 1 saturated heterocycles. The number of rotatable bonds is 1. The number of benzene rings is 1. The van der Waals surface area contributed by atoms with Gasteiger partial charge in [0.2, 0.25) is 11.8 Å². The Balaban J connectivity index is 2.42. The average molecular weight is 243 g/mol. The van der Waals surface area contributed by atoms with Crippen LogP contribution in [0.1, 0.15) is 0 Å². The standard InChI is InChI=1S/C10H7F2NO2S/c11-6-1-2-8(7(12)3-6)13-9(14)4-16-5-10(13)15/h1-3H,4-5H2. The molecule has 16 heavy (non-hydrogen) atoms. The Morgan fingerprint density at radius 1 is 1.12 bits per heavy atom. The highest BCUT2D eigenvalue weighted by atomic mass is 32.2. The molecule has 0 saturated carbocycles. The summed E-state index contributed by atoms with van der Waals surface area (Å²) >= 11 is 1.18. The molecule has 0 bridgehead atoms. The summed E-state index contributed by atoms with van der Waals surface area (Å²) in [5.41, 5.74) is -0.184. The molecule has 1 aromatic carbocycles. The zero-order valence-corrected chi connectivity index (χ0v) is 8.89. The zero-order chi connectivity index (χ0) is 11.7. The molecule has 1 fully saturated rings. The molecule has 2 rings (SSSR count). The van der Waals surface area contributed by atoms with E-state index in [9.17, 15) is 18.4 Å². The number of nitrogens with zero attached hydrogens (tertiary/aromatic N) is 1. The van der Waals surface area contributed by atoms with Gasteiger partial charge in [0.05, 0.1) is 17.2 Å². The van der Waals surface area contributed by atoms with Crippen LogP contribution < -0.4 is 4.90 Å². The quantitative estimate of drug-likeness (QED) is 0.703. The van der Waals surface area contributed by atoms with E-state index in [1.807, 2.05) is 0 Å². The van der Waals surface area contributed by atoms with Gasteiger partial charge in [0, 0.05) is 6.07 Å². The van der Waals surface area contributed by atoms with Crippen molar-refractivity contribution in [1.82, 2.24) is 0 Å². The maximum absolute atomic E-state index is 13.4. The van der Waals surface area contributed by atoms with Crippen molar-refractivity contribution in [3.8, 4) is 0 Å². The lowest BCUT2D eigenvalue weighted by atomic mass is 10.2. The molecule has 0 unspecified atom stereocenters. The number of anilines is 1. The first-order valence-electron chi connectivity index (χ1n) is 4.48. The fourth-order valence-corrected chi connectivity index (χ4v) is 2.13. The molecule has 6 heteroatoms. The normalized spacial score (nSPS) is 16.8. The molecule has 0 N–H and O–H groups in total. The molecule has 1 heterocycles. The molecule has 0 atom stereocenters. The second kappa shape index (κ2) is 4.21. The highest BCUT2D eigenvalue weighted by Crippen LogP contribution is 2.24. The van der Waals surface area contributed by atoms with Crippen molar-refractivity contribution in [3.05, 3.63) is 29.8 Å². The van der Waals surface area contributed by atoms with Crippen LogP contribution in [0.2, 0.25) is 0 Å². The van der Waals surface area contributed by atoms with Crippen LogP contribution in [0, 0.1) is 11.6 Å². The highest BCUT2D eigenvalue weighted by Gasteiger charge is 2.29. The van der Waals surface area contributed by atoms with Gasteiger partial charge >= 0.3 is 0 Å². The van der Waals surface area contributed by atoms with Crippen molar-refractivity contribution >= 4 is 29.3 Å². The van der Waals surface area contributed by atoms with Crippen LogP contribution >= 0.6 is 11.8 Å². The van der Waals surface area contributed by atoms with Crippen molar-refractivity contribution in [2.24, 2.45) is 0 Å². The van der Waals surface area contributed by atoms with Gasteiger partial charge in [-0.2, -0.15) is 0 Å². The fourth-order valence-electron chi connectivity index (χ4n) is 1.43. The maximum atomic E-state index is 13.4. The number of hydrogen-bond acceptors (Lipinski definition) is 3. The number of imide groups is 1. The Kier molecular flexibility index (Phi) is 2.91. The number of carbonyl (C=O) groups is 2. The summed E-state index contributed by atoms with van der Waals surface area (Å²) in [6.45, 7) is 0. The van der Waals surface area contributed by atoms with E-state index in [0.29, 0.717) is 6.07 Å². The molecule has 84 valence electrons. The van der Waals surface area contributed by atoms with Crippen LogP contribution in [0.5, 0.6) is 0 Å². The van der Waals surface area contributed by atoms with E-state index >= 15 is 0 Å². The number of thioether (sulfide) groups is 1. The summed E-state index contributed by atoms with van der Waals surface area (Å²) in [5.74, 6) is -2.36. The molecule has 0 spiro atoms. The Bertz CT molecular complexity index is 448. The van der Waals surface area contributed by atoms with Gasteiger partial charge in [-0.1, -0.05) is 0 Å². The minimum atomic E-state index is -0.909. The van der Waals surface area contributed by atoms with Crippen molar-refractivity contribution in [3.63, 3.8) is 0 Å². The van der Waals surface area contributed by atoms with Crippen molar-refractivity contribution in [1.29, 1.82) is 0 Å². The first kappa shape index (κ1) is 11.1. The van der Waals surface area contributed by atoms with E-state index in [2.05, 4.69) is 0 Å². The smallest absolute Gasteiger partial charge is 0.243 e. The van der Waals surface area contributed by atoms with Crippen LogP contribution in [0.25, 0.3) is 0 Å². The van der Waals surface area contributed by atoms with Gasteiger partial charge in [-0.05, 0) is 12.1 Å². The van der Waals surface area contributed by atoms with E-state index in [-0.39, 0.29) is 17.2 Å². The molecule has 0 radical (unpaired) electrons. The predicted octanol–water partition coefficient (Wildman–Crippen LogP) is 1.57. The van der Waals surface area contributed by atoms with Gasteiger partial charge in [0.25, 0.3) is 0 Å². The number of halogens is 2. The third kappa shape index (κ3) is 1.92. The largest absolute Gasteiger partial charge is 0.273 e. The van der Waals surface area contributed by atoms with Crippen molar-refractivity contribution in [2.75, 3.05) is 16.4 Å². The van der Waals surface area contributed by atoms with E-state index in [1.54, 1.807) is 0 Å². The Hall–Kier alpha value is -1.43. The zero-order valence-electron chi connectivity index (χ0n) is 8.07. The van der Waals surface area contributed by atoms with Crippen LogP contribution in [0.3, 0.4) is 0 Å². The van der Waals surface area contributed by atoms with Gasteiger partial charge in [-0.25, -0.2) is 13.7 Å². The minimum absolute atomic E-state index is 0.128. The lowest BCUT2D eigenvalue weighted by molar-refractivity contribution is -0.124. The SMILES string of the molecule is O=C1CSCC(=O)N1c1ccc(F)cc1F. The molecule has 1 aromatic rings. The lowest BCUT2D eigenvalue weighted by Gasteiger charge is -2.24. The third-order valence-corrected chi connectivity index (χ3v) is 3.00. The molecular formula is C10H7F2NO2S. The molecule has 0 aromatic heterocycles. The van der Waals surface area contributed by atoms with Crippen LogP contribution in [-0.2, 0) is 9.59 Å². The number of amides is 2. The van der Waals surface area contributed by atoms with Gasteiger partial charge < -0.3 is 0 Å². The lowest BCUT2D eigenvalue weighted by Crippen LogP contribution is -2.43. The first-order chi connectivity index (χ1) is 7.59. The second-order valence-corrected chi connectivity index (χ2v) is 4.20. The molecule has 1 aliphatic rings. The molecular weight excluding hydrogens is 236 g/mol. The van der Waals surface area contributed by atoms with E-state index in [1.165, 1.54) is 11.8 Å².